The average Bonchev–Trinajstić information content (AvgIpc) is 3.20. The predicted molar refractivity (Wildman–Crippen MR) is 132 cm³/mol. The molecule has 1 nitrogen and oxygen atoms in total. The first kappa shape index (κ1) is 17.3. The number of fused-ring (bicyclic) bond motifs is 5. The Kier molecular flexibility index (Phi) is 4.03. The number of benzene rings is 5. The SMILES string of the molecule is c1ccc(N(c2ccccc2)c2cccc3ccc4c5ccccc5sc4c23)cc1. The van der Waals surface area contributed by atoms with Crippen molar-refractivity contribution in [2.24, 2.45) is 0 Å². The van der Waals surface area contributed by atoms with Gasteiger partial charge in [-0.15, -0.1) is 11.3 Å². The summed E-state index contributed by atoms with van der Waals surface area (Å²) in [5.74, 6) is 0. The van der Waals surface area contributed by atoms with E-state index in [1.807, 2.05) is 11.3 Å². The molecule has 0 saturated heterocycles. The first-order chi connectivity index (χ1) is 14.9. The van der Waals surface area contributed by atoms with Gasteiger partial charge < -0.3 is 4.90 Å². The highest BCUT2D eigenvalue weighted by Gasteiger charge is 2.18. The van der Waals surface area contributed by atoms with Crippen LogP contribution in [0.5, 0.6) is 0 Å². The van der Waals surface area contributed by atoms with Gasteiger partial charge in [0.2, 0.25) is 0 Å². The lowest BCUT2D eigenvalue weighted by Crippen LogP contribution is -2.10. The average molecular weight is 402 g/mol. The van der Waals surface area contributed by atoms with Gasteiger partial charge in [-0.2, -0.15) is 0 Å². The fourth-order valence-corrected chi connectivity index (χ4v) is 5.57. The Labute approximate surface area is 179 Å². The van der Waals surface area contributed by atoms with Crippen LogP contribution in [0, 0.1) is 0 Å². The van der Waals surface area contributed by atoms with E-state index < -0.39 is 0 Å². The molecular weight excluding hydrogens is 382 g/mol. The zero-order valence-electron chi connectivity index (χ0n) is 16.3. The maximum absolute atomic E-state index is 2.37. The first-order valence-electron chi connectivity index (χ1n) is 10.1. The molecule has 0 saturated carbocycles. The van der Waals surface area contributed by atoms with Crippen molar-refractivity contribution in [3.05, 3.63) is 115 Å². The van der Waals surface area contributed by atoms with E-state index in [0.717, 1.165) is 11.4 Å². The molecule has 0 radical (unpaired) electrons. The highest BCUT2D eigenvalue weighted by molar-refractivity contribution is 7.26. The topological polar surface area (TPSA) is 3.24 Å². The van der Waals surface area contributed by atoms with E-state index in [4.69, 9.17) is 0 Å². The molecule has 0 fully saturated rings. The minimum absolute atomic E-state index is 1.16. The van der Waals surface area contributed by atoms with E-state index in [0.29, 0.717) is 0 Å². The summed E-state index contributed by atoms with van der Waals surface area (Å²) in [5, 5.41) is 5.24. The van der Waals surface area contributed by atoms with Crippen LogP contribution in [-0.2, 0) is 0 Å². The maximum atomic E-state index is 2.37. The van der Waals surface area contributed by atoms with Crippen LogP contribution in [0.1, 0.15) is 0 Å². The molecule has 1 heterocycles. The smallest absolute Gasteiger partial charge is 0.0554 e. The zero-order chi connectivity index (χ0) is 19.9. The molecule has 6 aromatic rings. The number of rotatable bonds is 3. The Morgan fingerprint density at radius 1 is 0.500 bits per heavy atom. The lowest BCUT2D eigenvalue weighted by Gasteiger charge is -2.27. The summed E-state index contributed by atoms with van der Waals surface area (Å²) in [6.45, 7) is 0. The van der Waals surface area contributed by atoms with Crippen LogP contribution in [0.3, 0.4) is 0 Å². The van der Waals surface area contributed by atoms with Crippen molar-refractivity contribution in [3.63, 3.8) is 0 Å². The zero-order valence-corrected chi connectivity index (χ0v) is 17.1. The second kappa shape index (κ2) is 7.01. The van der Waals surface area contributed by atoms with Gasteiger partial charge in [0.25, 0.3) is 0 Å². The third kappa shape index (κ3) is 2.69. The molecular formula is C28H19NS. The van der Waals surface area contributed by atoms with Crippen LogP contribution in [0.25, 0.3) is 30.9 Å². The molecule has 0 bridgehead atoms. The first-order valence-corrected chi connectivity index (χ1v) is 10.9. The standard InChI is InChI=1S/C28H19NS/c1-3-11-21(12-4-1)29(22-13-5-2-6-14-22)25-16-9-10-20-18-19-24-23-15-7-8-17-26(23)30-28(24)27(20)25/h1-19H. The predicted octanol–water partition coefficient (Wildman–Crippen LogP) is 8.68. The molecule has 30 heavy (non-hydrogen) atoms. The second-order valence-electron chi connectivity index (χ2n) is 7.42. The van der Waals surface area contributed by atoms with Crippen molar-refractivity contribution in [2.75, 3.05) is 4.90 Å². The quantitative estimate of drug-likeness (QED) is 0.287. The van der Waals surface area contributed by atoms with Gasteiger partial charge in [0.05, 0.1) is 5.69 Å². The largest absolute Gasteiger partial charge is 0.310 e. The van der Waals surface area contributed by atoms with Gasteiger partial charge in [0, 0.05) is 36.9 Å². The third-order valence-electron chi connectivity index (χ3n) is 5.63. The molecule has 0 amide bonds. The van der Waals surface area contributed by atoms with E-state index in [9.17, 15) is 0 Å². The Bertz CT molecular complexity index is 1440. The van der Waals surface area contributed by atoms with Crippen LogP contribution in [0.4, 0.5) is 17.1 Å². The number of para-hydroxylation sites is 2. The van der Waals surface area contributed by atoms with Gasteiger partial charge in [-0.3, -0.25) is 0 Å². The highest BCUT2D eigenvalue weighted by atomic mass is 32.1. The van der Waals surface area contributed by atoms with Gasteiger partial charge in [-0.25, -0.2) is 0 Å². The minimum atomic E-state index is 1.16. The van der Waals surface area contributed by atoms with Gasteiger partial charge in [0.15, 0.2) is 0 Å². The molecule has 0 spiro atoms. The number of nitrogens with zero attached hydrogens (tertiary/aromatic N) is 1. The Balaban J connectivity index is 1.73. The number of hydrogen-bond acceptors (Lipinski definition) is 2. The number of thiophene rings is 1. The summed E-state index contributed by atoms with van der Waals surface area (Å²) in [6, 6.07) is 41.1. The Morgan fingerprint density at radius 3 is 1.90 bits per heavy atom. The molecule has 1 aromatic heterocycles. The molecule has 142 valence electrons. The molecule has 0 aliphatic rings. The third-order valence-corrected chi connectivity index (χ3v) is 6.84. The minimum Gasteiger partial charge on any atom is -0.310 e. The van der Waals surface area contributed by atoms with E-state index in [1.165, 1.54) is 36.6 Å². The summed E-state index contributed by atoms with van der Waals surface area (Å²) >= 11 is 1.89. The molecule has 6 rings (SSSR count). The number of anilines is 3. The van der Waals surface area contributed by atoms with Crippen LogP contribution < -0.4 is 4.90 Å². The van der Waals surface area contributed by atoms with Crippen LogP contribution >= 0.6 is 11.3 Å². The molecule has 0 atom stereocenters. The van der Waals surface area contributed by atoms with Crippen molar-refractivity contribution in [3.8, 4) is 0 Å². The van der Waals surface area contributed by atoms with Crippen molar-refractivity contribution in [2.45, 2.75) is 0 Å². The molecule has 0 unspecified atom stereocenters. The molecule has 2 heteroatoms. The van der Waals surface area contributed by atoms with Gasteiger partial charge >= 0.3 is 0 Å². The summed E-state index contributed by atoms with van der Waals surface area (Å²) in [4.78, 5) is 2.37. The monoisotopic (exact) mass is 401 g/mol. The fourth-order valence-electron chi connectivity index (χ4n) is 4.30. The maximum Gasteiger partial charge on any atom is 0.0554 e. The summed E-state index contributed by atoms with van der Waals surface area (Å²) in [7, 11) is 0. The Hall–Kier alpha value is -3.62. The van der Waals surface area contributed by atoms with Gasteiger partial charge in [-0.05, 0) is 41.8 Å². The van der Waals surface area contributed by atoms with Crippen molar-refractivity contribution >= 4 is 59.3 Å². The van der Waals surface area contributed by atoms with E-state index in [1.54, 1.807) is 0 Å². The van der Waals surface area contributed by atoms with E-state index in [-0.39, 0.29) is 0 Å². The lowest BCUT2D eigenvalue weighted by molar-refractivity contribution is 1.30. The summed E-state index contributed by atoms with van der Waals surface area (Å²) < 4.78 is 2.68. The van der Waals surface area contributed by atoms with Crippen molar-refractivity contribution in [1.82, 2.24) is 0 Å². The normalized spacial score (nSPS) is 11.3. The molecule has 0 N–H and O–H groups in total. The highest BCUT2D eigenvalue weighted by Crippen LogP contribution is 2.45. The van der Waals surface area contributed by atoms with Crippen molar-refractivity contribution < 1.29 is 0 Å². The fraction of sp³-hybridized carbons (Fsp3) is 0. The summed E-state index contributed by atoms with van der Waals surface area (Å²) in [5.41, 5.74) is 3.53. The van der Waals surface area contributed by atoms with Crippen LogP contribution in [0.15, 0.2) is 115 Å². The lowest BCUT2D eigenvalue weighted by atomic mass is 10.0. The van der Waals surface area contributed by atoms with Crippen LogP contribution in [-0.4, -0.2) is 0 Å². The van der Waals surface area contributed by atoms with Gasteiger partial charge in [-0.1, -0.05) is 78.9 Å². The summed E-state index contributed by atoms with van der Waals surface area (Å²) in [6.07, 6.45) is 0. The van der Waals surface area contributed by atoms with Crippen molar-refractivity contribution in [1.29, 1.82) is 0 Å². The van der Waals surface area contributed by atoms with E-state index >= 15 is 0 Å². The molecule has 0 aliphatic heterocycles. The molecule has 5 aromatic carbocycles. The van der Waals surface area contributed by atoms with E-state index in [2.05, 4.69) is 120 Å². The van der Waals surface area contributed by atoms with Crippen LogP contribution in [0.2, 0.25) is 0 Å². The van der Waals surface area contributed by atoms with Gasteiger partial charge in [0.1, 0.15) is 0 Å². The number of hydrogen-bond donors (Lipinski definition) is 0. The molecule has 0 aliphatic carbocycles. The second-order valence-corrected chi connectivity index (χ2v) is 8.47. The Morgan fingerprint density at radius 2 is 1.17 bits per heavy atom.